The number of benzene rings is 2. The molecule has 140 valence electrons. The molecular weight excluding hydrogens is 354 g/mol. The Labute approximate surface area is 154 Å². The Balaban J connectivity index is 2.06. The van der Waals surface area contributed by atoms with E-state index in [4.69, 9.17) is 0 Å². The SMILES string of the molecule is CC(=O)Nc1ccc(C(=O)N[C@@H](Cc2ccc([N+](=O)[O-])cc2)C(=O)O)cc1. The average molecular weight is 371 g/mol. The number of nitrogens with zero attached hydrogens (tertiary/aromatic N) is 1. The molecular formula is C18H17N3O6. The third-order valence-corrected chi connectivity index (χ3v) is 3.66. The number of carboxylic acids is 1. The van der Waals surface area contributed by atoms with Gasteiger partial charge >= 0.3 is 5.97 Å². The minimum atomic E-state index is -1.23. The fourth-order valence-electron chi connectivity index (χ4n) is 2.34. The monoisotopic (exact) mass is 371 g/mol. The molecule has 0 unspecified atom stereocenters. The topological polar surface area (TPSA) is 139 Å². The highest BCUT2D eigenvalue weighted by Gasteiger charge is 2.21. The lowest BCUT2D eigenvalue weighted by Crippen LogP contribution is -2.42. The lowest BCUT2D eigenvalue weighted by Gasteiger charge is -2.15. The molecule has 0 fully saturated rings. The molecule has 2 rings (SSSR count). The number of carbonyl (C=O) groups excluding carboxylic acids is 2. The van der Waals surface area contributed by atoms with Crippen LogP contribution in [0.2, 0.25) is 0 Å². The Morgan fingerprint density at radius 1 is 1.07 bits per heavy atom. The molecule has 0 aromatic heterocycles. The van der Waals surface area contributed by atoms with Crippen LogP contribution in [-0.4, -0.2) is 33.9 Å². The van der Waals surface area contributed by atoms with E-state index < -0.39 is 22.8 Å². The fourth-order valence-corrected chi connectivity index (χ4v) is 2.34. The Morgan fingerprint density at radius 2 is 1.67 bits per heavy atom. The van der Waals surface area contributed by atoms with Crippen LogP contribution in [0, 0.1) is 10.1 Å². The van der Waals surface area contributed by atoms with Crippen LogP contribution in [0.25, 0.3) is 0 Å². The third kappa shape index (κ3) is 5.63. The number of aliphatic carboxylic acids is 1. The molecule has 0 saturated heterocycles. The van der Waals surface area contributed by atoms with Gasteiger partial charge in [0, 0.05) is 36.7 Å². The number of amides is 2. The van der Waals surface area contributed by atoms with E-state index in [1.807, 2.05) is 0 Å². The van der Waals surface area contributed by atoms with Gasteiger partial charge in [0.1, 0.15) is 6.04 Å². The minimum Gasteiger partial charge on any atom is -0.480 e. The van der Waals surface area contributed by atoms with E-state index in [1.54, 1.807) is 0 Å². The van der Waals surface area contributed by atoms with Crippen molar-refractivity contribution in [2.24, 2.45) is 0 Å². The highest BCUT2D eigenvalue weighted by atomic mass is 16.6. The average Bonchev–Trinajstić information content (AvgIpc) is 2.61. The van der Waals surface area contributed by atoms with E-state index in [1.165, 1.54) is 55.5 Å². The van der Waals surface area contributed by atoms with E-state index in [-0.39, 0.29) is 23.6 Å². The molecule has 0 spiro atoms. The summed E-state index contributed by atoms with van der Waals surface area (Å²) in [6, 6.07) is 10.2. The maximum absolute atomic E-state index is 12.3. The molecule has 0 saturated carbocycles. The maximum atomic E-state index is 12.3. The Morgan fingerprint density at radius 3 is 2.15 bits per heavy atom. The molecule has 1 atom stereocenters. The summed E-state index contributed by atoms with van der Waals surface area (Å²) in [4.78, 5) is 44.8. The first-order valence-electron chi connectivity index (χ1n) is 7.91. The highest BCUT2D eigenvalue weighted by molar-refractivity contribution is 5.97. The van der Waals surface area contributed by atoms with Gasteiger partial charge in [-0.05, 0) is 29.8 Å². The summed E-state index contributed by atoms with van der Waals surface area (Å²) < 4.78 is 0. The molecule has 0 heterocycles. The van der Waals surface area contributed by atoms with Crippen LogP contribution in [0.4, 0.5) is 11.4 Å². The Hall–Kier alpha value is -3.75. The first-order chi connectivity index (χ1) is 12.8. The molecule has 9 nitrogen and oxygen atoms in total. The van der Waals surface area contributed by atoms with Gasteiger partial charge in [-0.25, -0.2) is 4.79 Å². The number of non-ortho nitro benzene ring substituents is 1. The number of carboxylic acid groups (broad SMARTS) is 1. The largest absolute Gasteiger partial charge is 0.480 e. The molecule has 2 aromatic rings. The zero-order chi connectivity index (χ0) is 20.0. The summed E-state index contributed by atoms with van der Waals surface area (Å²) in [5.41, 5.74) is 1.18. The van der Waals surface area contributed by atoms with Crippen LogP contribution in [0.3, 0.4) is 0 Å². The highest BCUT2D eigenvalue weighted by Crippen LogP contribution is 2.14. The molecule has 0 aliphatic heterocycles. The quantitative estimate of drug-likeness (QED) is 0.502. The van der Waals surface area contributed by atoms with Crippen molar-refractivity contribution in [3.8, 4) is 0 Å². The summed E-state index contributed by atoms with van der Waals surface area (Å²) in [5.74, 6) is -2.06. The van der Waals surface area contributed by atoms with Gasteiger partial charge in [0.05, 0.1) is 4.92 Å². The zero-order valence-electron chi connectivity index (χ0n) is 14.3. The van der Waals surface area contributed by atoms with Crippen molar-refractivity contribution in [1.29, 1.82) is 0 Å². The van der Waals surface area contributed by atoms with Crippen molar-refractivity contribution in [3.63, 3.8) is 0 Å². The molecule has 0 radical (unpaired) electrons. The zero-order valence-corrected chi connectivity index (χ0v) is 14.3. The molecule has 3 N–H and O–H groups in total. The number of nitro groups is 1. The van der Waals surface area contributed by atoms with Crippen LogP contribution < -0.4 is 10.6 Å². The molecule has 27 heavy (non-hydrogen) atoms. The Bertz CT molecular complexity index is 862. The molecule has 2 aromatic carbocycles. The number of hydrogen-bond donors (Lipinski definition) is 3. The lowest BCUT2D eigenvalue weighted by atomic mass is 10.0. The second kappa shape index (κ2) is 8.56. The van der Waals surface area contributed by atoms with Crippen molar-refractivity contribution in [2.45, 2.75) is 19.4 Å². The van der Waals surface area contributed by atoms with Gasteiger partial charge in [-0.15, -0.1) is 0 Å². The van der Waals surface area contributed by atoms with Gasteiger partial charge < -0.3 is 15.7 Å². The smallest absolute Gasteiger partial charge is 0.326 e. The first-order valence-corrected chi connectivity index (χ1v) is 7.91. The first kappa shape index (κ1) is 19.6. The van der Waals surface area contributed by atoms with Crippen molar-refractivity contribution in [3.05, 3.63) is 69.8 Å². The van der Waals surface area contributed by atoms with E-state index >= 15 is 0 Å². The fraction of sp³-hybridized carbons (Fsp3) is 0.167. The van der Waals surface area contributed by atoms with Gasteiger partial charge in [0.25, 0.3) is 11.6 Å². The lowest BCUT2D eigenvalue weighted by molar-refractivity contribution is -0.384. The standard InChI is InChI=1S/C18H17N3O6/c1-11(22)19-14-6-4-13(5-7-14)17(23)20-16(18(24)25)10-12-2-8-15(9-3-12)21(26)27/h2-9,16H,10H2,1H3,(H,19,22)(H,20,23)(H,24,25)/t16-/m0/s1. The van der Waals surface area contributed by atoms with Crippen molar-refractivity contribution in [2.75, 3.05) is 5.32 Å². The van der Waals surface area contributed by atoms with Gasteiger partial charge in [0.15, 0.2) is 0 Å². The molecule has 0 aliphatic rings. The summed E-state index contributed by atoms with van der Waals surface area (Å²) >= 11 is 0. The molecule has 9 heteroatoms. The van der Waals surface area contributed by atoms with E-state index in [9.17, 15) is 29.6 Å². The van der Waals surface area contributed by atoms with Gasteiger partial charge in [-0.3, -0.25) is 19.7 Å². The Kier molecular flexibility index (Phi) is 6.21. The predicted molar refractivity (Wildman–Crippen MR) is 96.4 cm³/mol. The van der Waals surface area contributed by atoms with Crippen LogP contribution >= 0.6 is 0 Å². The van der Waals surface area contributed by atoms with Gasteiger partial charge in [-0.2, -0.15) is 0 Å². The van der Waals surface area contributed by atoms with Gasteiger partial charge in [0.2, 0.25) is 5.91 Å². The van der Waals surface area contributed by atoms with Crippen LogP contribution in [0.1, 0.15) is 22.8 Å². The number of hydrogen-bond acceptors (Lipinski definition) is 5. The number of rotatable bonds is 7. The van der Waals surface area contributed by atoms with Crippen molar-refractivity contribution >= 4 is 29.2 Å². The second-order valence-electron chi connectivity index (χ2n) is 5.75. The van der Waals surface area contributed by atoms with Gasteiger partial charge in [-0.1, -0.05) is 12.1 Å². The van der Waals surface area contributed by atoms with Crippen LogP contribution in [0.5, 0.6) is 0 Å². The summed E-state index contributed by atoms with van der Waals surface area (Å²) in [7, 11) is 0. The van der Waals surface area contributed by atoms with Crippen LogP contribution in [0.15, 0.2) is 48.5 Å². The third-order valence-electron chi connectivity index (χ3n) is 3.66. The molecule has 0 bridgehead atoms. The van der Waals surface area contributed by atoms with E-state index in [2.05, 4.69) is 10.6 Å². The van der Waals surface area contributed by atoms with Crippen molar-refractivity contribution < 1.29 is 24.4 Å². The second-order valence-corrected chi connectivity index (χ2v) is 5.75. The number of nitrogens with one attached hydrogen (secondary N) is 2. The normalized spacial score (nSPS) is 11.3. The van der Waals surface area contributed by atoms with Crippen molar-refractivity contribution in [1.82, 2.24) is 5.32 Å². The number of carbonyl (C=O) groups is 3. The number of nitro benzene ring substituents is 1. The summed E-state index contributed by atoms with van der Waals surface area (Å²) in [5, 5.41) is 25.0. The summed E-state index contributed by atoms with van der Waals surface area (Å²) in [6.07, 6.45) is -0.0248. The van der Waals surface area contributed by atoms with E-state index in [0.717, 1.165) is 0 Å². The number of anilines is 1. The van der Waals surface area contributed by atoms with E-state index in [0.29, 0.717) is 11.3 Å². The molecule has 2 amide bonds. The van der Waals surface area contributed by atoms with Crippen LogP contribution in [-0.2, 0) is 16.0 Å². The maximum Gasteiger partial charge on any atom is 0.326 e. The summed E-state index contributed by atoms with van der Waals surface area (Å²) in [6.45, 7) is 1.36. The minimum absolute atomic E-state index is 0.0248. The molecule has 0 aliphatic carbocycles. The predicted octanol–water partition coefficient (Wildman–Crippen LogP) is 1.98.